The number of ether oxygens (including phenoxy) is 1. The molecule has 1 atom stereocenters. The van der Waals surface area contributed by atoms with Gasteiger partial charge in [-0.25, -0.2) is 0 Å². The maximum absolute atomic E-state index is 13.2. The fourth-order valence-electron chi connectivity index (χ4n) is 4.12. The standard InChI is InChI=1S/C27H19ClO2/c1-27-25(29)17-23(18-8-4-2-5-9-18)26(27)22(19-12-14-21(28)15-13-19)16-24(30-27)20-10-6-3-7-11-20/h2-17H,1H3/t27-/m1/s1. The van der Waals surface area contributed by atoms with Crippen LogP contribution >= 0.6 is 11.6 Å². The largest absolute Gasteiger partial charge is 0.474 e. The highest BCUT2D eigenvalue weighted by Crippen LogP contribution is 2.50. The van der Waals surface area contributed by atoms with Crippen LogP contribution in [0.3, 0.4) is 0 Å². The third-order valence-electron chi connectivity index (χ3n) is 5.65. The van der Waals surface area contributed by atoms with Gasteiger partial charge in [-0.1, -0.05) is 84.4 Å². The molecule has 0 saturated carbocycles. The van der Waals surface area contributed by atoms with Gasteiger partial charge in [-0.3, -0.25) is 4.79 Å². The number of allylic oxidation sites excluding steroid dienone is 2. The molecule has 0 unspecified atom stereocenters. The molecule has 0 N–H and O–H groups in total. The van der Waals surface area contributed by atoms with Crippen LogP contribution in [0.15, 0.2) is 103 Å². The molecule has 0 spiro atoms. The average molecular weight is 411 g/mol. The first-order chi connectivity index (χ1) is 14.6. The number of rotatable bonds is 3. The Bertz CT molecular complexity index is 1220. The minimum Gasteiger partial charge on any atom is -0.474 e. The Labute approximate surface area is 180 Å². The topological polar surface area (TPSA) is 26.3 Å². The van der Waals surface area contributed by atoms with Crippen molar-refractivity contribution in [1.82, 2.24) is 0 Å². The van der Waals surface area contributed by atoms with E-state index in [1.54, 1.807) is 6.08 Å². The van der Waals surface area contributed by atoms with Gasteiger partial charge in [-0.05, 0) is 53.5 Å². The summed E-state index contributed by atoms with van der Waals surface area (Å²) in [5.74, 6) is 0.632. The van der Waals surface area contributed by atoms with Crippen LogP contribution in [0, 0.1) is 0 Å². The average Bonchev–Trinajstić information content (AvgIpc) is 3.05. The second-order valence-corrected chi connectivity index (χ2v) is 8.03. The highest BCUT2D eigenvalue weighted by Gasteiger charge is 2.49. The summed E-state index contributed by atoms with van der Waals surface area (Å²) in [4.78, 5) is 13.2. The Morgan fingerprint density at radius 1 is 0.733 bits per heavy atom. The van der Waals surface area contributed by atoms with E-state index < -0.39 is 5.60 Å². The first-order valence-electron chi connectivity index (χ1n) is 9.85. The number of fused-ring (bicyclic) bond motifs is 1. The molecule has 3 heteroatoms. The summed E-state index contributed by atoms with van der Waals surface area (Å²) in [5, 5.41) is 0.674. The Hall–Kier alpha value is -3.36. The van der Waals surface area contributed by atoms with Gasteiger partial charge >= 0.3 is 0 Å². The molecule has 1 aliphatic carbocycles. The van der Waals surface area contributed by atoms with Crippen LogP contribution in [0.5, 0.6) is 0 Å². The zero-order valence-electron chi connectivity index (χ0n) is 16.4. The minimum absolute atomic E-state index is 0.0515. The van der Waals surface area contributed by atoms with Gasteiger partial charge < -0.3 is 4.74 Å². The summed E-state index contributed by atoms with van der Waals surface area (Å²) in [6, 6.07) is 27.6. The van der Waals surface area contributed by atoms with E-state index >= 15 is 0 Å². The Balaban J connectivity index is 1.78. The number of carbonyl (C=O) groups is 1. The normalized spacial score (nSPS) is 20.4. The van der Waals surface area contributed by atoms with Crippen molar-refractivity contribution in [3.05, 3.63) is 124 Å². The second-order valence-electron chi connectivity index (χ2n) is 7.59. The van der Waals surface area contributed by atoms with E-state index in [9.17, 15) is 4.79 Å². The number of hydrogen-bond donors (Lipinski definition) is 0. The summed E-state index contributed by atoms with van der Waals surface area (Å²) in [5.41, 5.74) is 4.60. The quantitative estimate of drug-likeness (QED) is 0.486. The molecule has 1 heterocycles. The molecular weight excluding hydrogens is 392 g/mol. The number of benzene rings is 3. The molecule has 0 amide bonds. The number of carbonyl (C=O) groups excluding carboxylic acids is 1. The molecule has 1 aliphatic heterocycles. The van der Waals surface area contributed by atoms with Crippen molar-refractivity contribution in [2.24, 2.45) is 0 Å². The zero-order chi connectivity index (χ0) is 20.7. The summed E-state index contributed by atoms with van der Waals surface area (Å²) >= 11 is 6.14. The van der Waals surface area contributed by atoms with E-state index in [1.165, 1.54) is 0 Å². The molecular formula is C27H19ClO2. The molecule has 146 valence electrons. The number of ketones is 1. The molecule has 5 rings (SSSR count). The van der Waals surface area contributed by atoms with Gasteiger partial charge in [-0.2, -0.15) is 0 Å². The molecule has 2 aliphatic rings. The van der Waals surface area contributed by atoms with Gasteiger partial charge in [0.2, 0.25) is 5.78 Å². The molecule has 0 saturated heterocycles. The zero-order valence-corrected chi connectivity index (χ0v) is 17.2. The van der Waals surface area contributed by atoms with Crippen LogP contribution in [0.2, 0.25) is 5.02 Å². The van der Waals surface area contributed by atoms with Crippen LogP contribution in [-0.4, -0.2) is 11.4 Å². The molecule has 3 aromatic carbocycles. The maximum Gasteiger partial charge on any atom is 0.204 e. The third kappa shape index (κ3) is 3.01. The summed E-state index contributed by atoms with van der Waals surface area (Å²) < 4.78 is 6.40. The second kappa shape index (κ2) is 7.16. The lowest BCUT2D eigenvalue weighted by atomic mass is 9.82. The minimum atomic E-state index is -1.08. The summed E-state index contributed by atoms with van der Waals surface area (Å²) in [6.07, 6.45) is 3.74. The molecule has 3 aromatic rings. The monoisotopic (exact) mass is 410 g/mol. The van der Waals surface area contributed by atoms with E-state index in [4.69, 9.17) is 16.3 Å². The van der Waals surface area contributed by atoms with E-state index in [0.29, 0.717) is 10.8 Å². The maximum atomic E-state index is 13.2. The smallest absolute Gasteiger partial charge is 0.204 e. The predicted molar refractivity (Wildman–Crippen MR) is 122 cm³/mol. The molecule has 0 aromatic heterocycles. The third-order valence-corrected chi connectivity index (χ3v) is 5.90. The lowest BCUT2D eigenvalue weighted by Gasteiger charge is -2.34. The van der Waals surface area contributed by atoms with Crippen molar-refractivity contribution in [3.63, 3.8) is 0 Å². The molecule has 2 nitrogen and oxygen atoms in total. The van der Waals surface area contributed by atoms with Crippen LogP contribution < -0.4 is 0 Å². The van der Waals surface area contributed by atoms with Gasteiger partial charge in [0.05, 0.1) is 0 Å². The lowest BCUT2D eigenvalue weighted by Crippen LogP contribution is -2.37. The van der Waals surface area contributed by atoms with Crippen LogP contribution in [0.1, 0.15) is 23.6 Å². The highest BCUT2D eigenvalue weighted by atomic mass is 35.5. The highest BCUT2D eigenvalue weighted by molar-refractivity contribution is 6.30. The van der Waals surface area contributed by atoms with Gasteiger partial charge in [0.1, 0.15) is 5.76 Å². The SMILES string of the molecule is C[C@]12OC(c3ccccc3)=CC(c3ccc(Cl)cc3)=C1C(c1ccccc1)=CC2=O. The molecule has 0 radical (unpaired) electrons. The summed E-state index contributed by atoms with van der Waals surface area (Å²) in [6.45, 7) is 1.86. The van der Waals surface area contributed by atoms with Crippen molar-refractivity contribution in [2.45, 2.75) is 12.5 Å². The van der Waals surface area contributed by atoms with E-state index in [-0.39, 0.29) is 5.78 Å². The molecule has 30 heavy (non-hydrogen) atoms. The van der Waals surface area contributed by atoms with Crippen molar-refractivity contribution >= 4 is 34.3 Å². The Morgan fingerprint density at radius 3 is 1.97 bits per heavy atom. The molecule has 0 fully saturated rings. The van der Waals surface area contributed by atoms with Crippen LogP contribution in [-0.2, 0) is 9.53 Å². The van der Waals surface area contributed by atoms with Gasteiger partial charge in [0, 0.05) is 16.2 Å². The van der Waals surface area contributed by atoms with Crippen molar-refractivity contribution < 1.29 is 9.53 Å². The van der Waals surface area contributed by atoms with Gasteiger partial charge in [0.25, 0.3) is 0 Å². The first kappa shape index (κ1) is 18.7. The molecule has 0 bridgehead atoms. The van der Waals surface area contributed by atoms with Crippen molar-refractivity contribution in [2.75, 3.05) is 0 Å². The van der Waals surface area contributed by atoms with Gasteiger partial charge in [0.15, 0.2) is 5.60 Å². The summed E-state index contributed by atoms with van der Waals surface area (Å²) in [7, 11) is 0. The first-order valence-corrected chi connectivity index (χ1v) is 10.2. The Kier molecular flexibility index (Phi) is 4.45. The van der Waals surface area contributed by atoms with Crippen LogP contribution in [0.25, 0.3) is 16.9 Å². The van der Waals surface area contributed by atoms with Crippen molar-refractivity contribution in [3.8, 4) is 0 Å². The fraction of sp³-hybridized carbons (Fsp3) is 0.0741. The van der Waals surface area contributed by atoms with Crippen molar-refractivity contribution in [1.29, 1.82) is 0 Å². The Morgan fingerprint density at radius 2 is 1.33 bits per heavy atom. The number of halogens is 1. The number of hydrogen-bond acceptors (Lipinski definition) is 2. The predicted octanol–water partition coefficient (Wildman–Crippen LogP) is 6.59. The van der Waals surface area contributed by atoms with E-state index in [1.807, 2.05) is 97.9 Å². The van der Waals surface area contributed by atoms with E-state index in [0.717, 1.165) is 33.4 Å². The van der Waals surface area contributed by atoms with Crippen LogP contribution in [0.4, 0.5) is 0 Å². The van der Waals surface area contributed by atoms with E-state index in [2.05, 4.69) is 0 Å². The lowest BCUT2D eigenvalue weighted by molar-refractivity contribution is -0.126. The van der Waals surface area contributed by atoms with Gasteiger partial charge in [-0.15, -0.1) is 0 Å². The fourth-order valence-corrected chi connectivity index (χ4v) is 4.25.